The average molecular weight is 465 g/mol. The fraction of sp³-hybridized carbons (Fsp3) is 0.222. The summed E-state index contributed by atoms with van der Waals surface area (Å²) in [5.74, 6) is -2.25. The molecular formula is C27H22F3NO3. The SMILES string of the molecule is CC(C)CC(C(=O)O)c1cc(C(=O)c2ccc(C#N)cc2)cc(-c2ccc(C(F)(F)F)cc2)c1. The maximum absolute atomic E-state index is 13.2. The minimum Gasteiger partial charge on any atom is -0.481 e. The number of rotatable bonds is 7. The Labute approximate surface area is 195 Å². The Kier molecular flexibility index (Phi) is 7.21. The van der Waals surface area contributed by atoms with Gasteiger partial charge in [-0.25, -0.2) is 0 Å². The van der Waals surface area contributed by atoms with Crippen molar-refractivity contribution in [3.8, 4) is 17.2 Å². The Morgan fingerprint density at radius 3 is 2.03 bits per heavy atom. The summed E-state index contributed by atoms with van der Waals surface area (Å²) in [5.41, 5.74) is 1.38. The summed E-state index contributed by atoms with van der Waals surface area (Å²) < 4.78 is 39.0. The summed E-state index contributed by atoms with van der Waals surface area (Å²) in [4.78, 5) is 25.2. The van der Waals surface area contributed by atoms with Crippen LogP contribution < -0.4 is 0 Å². The highest BCUT2D eigenvalue weighted by molar-refractivity contribution is 6.09. The van der Waals surface area contributed by atoms with Gasteiger partial charge in [-0.15, -0.1) is 0 Å². The third-order valence-corrected chi connectivity index (χ3v) is 5.45. The summed E-state index contributed by atoms with van der Waals surface area (Å²) >= 11 is 0. The molecule has 0 heterocycles. The Balaban J connectivity index is 2.13. The van der Waals surface area contributed by atoms with Gasteiger partial charge >= 0.3 is 12.1 Å². The van der Waals surface area contributed by atoms with Gasteiger partial charge in [0.1, 0.15) is 0 Å². The van der Waals surface area contributed by atoms with E-state index in [1.54, 1.807) is 12.1 Å². The van der Waals surface area contributed by atoms with Gasteiger partial charge in [-0.3, -0.25) is 9.59 Å². The lowest BCUT2D eigenvalue weighted by Gasteiger charge is -2.18. The number of ketones is 1. The van der Waals surface area contributed by atoms with Crippen LogP contribution in [0.25, 0.3) is 11.1 Å². The lowest BCUT2D eigenvalue weighted by atomic mass is 9.86. The molecule has 0 amide bonds. The number of alkyl halides is 3. The fourth-order valence-corrected chi connectivity index (χ4v) is 3.72. The van der Waals surface area contributed by atoms with Crippen LogP contribution in [0.1, 0.15) is 58.8 Å². The number of aliphatic carboxylic acids is 1. The number of carbonyl (C=O) groups excluding carboxylic acids is 1. The minimum absolute atomic E-state index is 0.0634. The van der Waals surface area contributed by atoms with Gasteiger partial charge in [0, 0.05) is 11.1 Å². The number of carboxylic acids is 1. The van der Waals surface area contributed by atoms with Gasteiger partial charge in [0.25, 0.3) is 0 Å². The van der Waals surface area contributed by atoms with Crippen molar-refractivity contribution in [1.82, 2.24) is 0 Å². The van der Waals surface area contributed by atoms with Gasteiger partial charge in [-0.2, -0.15) is 18.4 Å². The lowest BCUT2D eigenvalue weighted by Crippen LogP contribution is -2.15. The van der Waals surface area contributed by atoms with Crippen molar-refractivity contribution in [2.24, 2.45) is 5.92 Å². The second-order valence-corrected chi connectivity index (χ2v) is 8.46. The van der Waals surface area contributed by atoms with Crippen molar-refractivity contribution >= 4 is 11.8 Å². The van der Waals surface area contributed by atoms with E-state index in [-0.39, 0.29) is 17.3 Å². The van der Waals surface area contributed by atoms with Crippen LogP contribution in [0, 0.1) is 17.2 Å². The summed E-state index contributed by atoms with van der Waals surface area (Å²) in [6, 6.07) is 17.2. The van der Waals surface area contributed by atoms with E-state index in [9.17, 15) is 27.9 Å². The maximum atomic E-state index is 13.2. The van der Waals surface area contributed by atoms with E-state index >= 15 is 0 Å². The zero-order valence-electron chi connectivity index (χ0n) is 18.6. The lowest BCUT2D eigenvalue weighted by molar-refractivity contribution is -0.139. The van der Waals surface area contributed by atoms with Gasteiger partial charge in [0.05, 0.1) is 23.1 Å². The number of benzene rings is 3. The summed E-state index contributed by atoms with van der Waals surface area (Å²) in [6.07, 6.45) is -4.15. The van der Waals surface area contributed by atoms with Crippen molar-refractivity contribution in [2.45, 2.75) is 32.4 Å². The first-order chi connectivity index (χ1) is 16.0. The van der Waals surface area contributed by atoms with Gasteiger partial charge in [-0.1, -0.05) is 32.0 Å². The quantitative estimate of drug-likeness (QED) is 0.394. The largest absolute Gasteiger partial charge is 0.481 e. The Bertz CT molecular complexity index is 1240. The second kappa shape index (κ2) is 9.92. The molecule has 3 aromatic carbocycles. The number of carbonyl (C=O) groups is 2. The van der Waals surface area contributed by atoms with E-state index in [1.807, 2.05) is 19.9 Å². The smallest absolute Gasteiger partial charge is 0.416 e. The molecular weight excluding hydrogens is 443 g/mol. The standard InChI is InChI=1S/C27H22F3NO3/c1-16(2)11-24(26(33)34)21-12-20(18-7-9-23(10-8-18)27(28,29)30)13-22(14-21)25(32)19-5-3-17(15-31)4-6-19/h3-10,12-14,16,24H,11H2,1-2H3,(H,33,34). The zero-order chi connectivity index (χ0) is 25.0. The topological polar surface area (TPSA) is 78.2 Å². The molecule has 0 aliphatic rings. The highest BCUT2D eigenvalue weighted by atomic mass is 19.4. The first-order valence-corrected chi connectivity index (χ1v) is 10.6. The van der Waals surface area contributed by atoms with Crippen LogP contribution in [0.3, 0.4) is 0 Å². The Morgan fingerprint density at radius 2 is 1.53 bits per heavy atom. The zero-order valence-corrected chi connectivity index (χ0v) is 18.6. The van der Waals surface area contributed by atoms with E-state index in [2.05, 4.69) is 0 Å². The molecule has 4 nitrogen and oxygen atoms in total. The van der Waals surface area contributed by atoms with Crippen LogP contribution in [0.5, 0.6) is 0 Å². The normalized spacial score (nSPS) is 12.3. The van der Waals surface area contributed by atoms with Gasteiger partial charge in [0.15, 0.2) is 5.78 Å². The molecule has 0 spiro atoms. The molecule has 0 aromatic heterocycles. The third-order valence-electron chi connectivity index (χ3n) is 5.45. The second-order valence-electron chi connectivity index (χ2n) is 8.46. The maximum Gasteiger partial charge on any atom is 0.416 e. The molecule has 0 saturated carbocycles. The predicted molar refractivity (Wildman–Crippen MR) is 121 cm³/mol. The highest BCUT2D eigenvalue weighted by Crippen LogP contribution is 2.34. The van der Waals surface area contributed by atoms with Crippen LogP contribution in [-0.4, -0.2) is 16.9 Å². The fourth-order valence-electron chi connectivity index (χ4n) is 3.72. The first kappa shape index (κ1) is 24.7. The van der Waals surface area contributed by atoms with Gasteiger partial charge < -0.3 is 5.11 Å². The van der Waals surface area contributed by atoms with Crippen LogP contribution in [0.4, 0.5) is 13.2 Å². The number of carboxylic acid groups (broad SMARTS) is 1. The molecule has 0 saturated heterocycles. The molecule has 3 rings (SSSR count). The summed E-state index contributed by atoms with van der Waals surface area (Å²) in [6.45, 7) is 3.77. The monoisotopic (exact) mass is 465 g/mol. The number of hydrogen-bond acceptors (Lipinski definition) is 3. The predicted octanol–water partition coefficient (Wildman–Crippen LogP) is 6.69. The van der Waals surface area contributed by atoms with E-state index in [0.717, 1.165) is 12.1 Å². The van der Waals surface area contributed by atoms with Gasteiger partial charge in [-0.05, 0) is 77.6 Å². The number of hydrogen-bond donors (Lipinski definition) is 1. The van der Waals surface area contributed by atoms with E-state index < -0.39 is 23.6 Å². The average Bonchev–Trinajstić information content (AvgIpc) is 2.81. The van der Waals surface area contributed by atoms with E-state index in [1.165, 1.54) is 42.5 Å². The van der Waals surface area contributed by atoms with Gasteiger partial charge in [0.2, 0.25) is 0 Å². The molecule has 0 aliphatic carbocycles. The third kappa shape index (κ3) is 5.70. The van der Waals surface area contributed by atoms with Crippen LogP contribution in [0.2, 0.25) is 0 Å². The van der Waals surface area contributed by atoms with Crippen molar-refractivity contribution < 1.29 is 27.9 Å². The number of halogens is 3. The van der Waals surface area contributed by atoms with Crippen LogP contribution in [0.15, 0.2) is 66.7 Å². The van der Waals surface area contributed by atoms with Crippen LogP contribution >= 0.6 is 0 Å². The van der Waals surface area contributed by atoms with Crippen molar-refractivity contribution in [3.05, 3.63) is 94.5 Å². The molecule has 174 valence electrons. The van der Waals surface area contributed by atoms with E-state index in [4.69, 9.17) is 5.26 Å². The molecule has 0 fully saturated rings. The summed E-state index contributed by atoms with van der Waals surface area (Å²) in [5, 5.41) is 18.8. The molecule has 1 unspecified atom stereocenters. The van der Waals surface area contributed by atoms with Crippen molar-refractivity contribution in [2.75, 3.05) is 0 Å². The minimum atomic E-state index is -4.48. The molecule has 1 atom stereocenters. The number of nitriles is 1. The van der Waals surface area contributed by atoms with Crippen molar-refractivity contribution in [3.63, 3.8) is 0 Å². The molecule has 3 aromatic rings. The molecule has 1 N–H and O–H groups in total. The highest BCUT2D eigenvalue weighted by Gasteiger charge is 2.30. The first-order valence-electron chi connectivity index (χ1n) is 10.6. The number of nitrogens with zero attached hydrogens (tertiary/aromatic N) is 1. The Hall–Kier alpha value is -3.92. The molecule has 7 heteroatoms. The molecule has 34 heavy (non-hydrogen) atoms. The molecule has 0 bridgehead atoms. The molecule has 0 aliphatic heterocycles. The summed E-state index contributed by atoms with van der Waals surface area (Å²) in [7, 11) is 0. The van der Waals surface area contributed by atoms with Crippen LogP contribution in [-0.2, 0) is 11.0 Å². The Morgan fingerprint density at radius 1 is 0.912 bits per heavy atom. The van der Waals surface area contributed by atoms with Crippen molar-refractivity contribution in [1.29, 1.82) is 5.26 Å². The molecule has 0 radical (unpaired) electrons. The van der Waals surface area contributed by atoms with E-state index in [0.29, 0.717) is 34.2 Å².